The van der Waals surface area contributed by atoms with Crippen molar-refractivity contribution in [2.24, 2.45) is 0 Å². The van der Waals surface area contributed by atoms with E-state index < -0.39 is 61.5 Å². The number of aliphatic hydroxyl groups excluding tert-OH is 6. The Morgan fingerprint density at radius 1 is 0.618 bits per heavy atom. The molecule has 1 aliphatic rings. The SMILES string of the molecule is CCCCC/C=C/CC/C=C/CC/C=C/C(O)C(COC1OC(CO)C(O)C(O)C1O)NC(=O)C(O)CCCCCC/C=C\CCCCCCCCCCC. The van der Waals surface area contributed by atoms with E-state index in [2.05, 4.69) is 55.6 Å². The van der Waals surface area contributed by atoms with Crippen LogP contribution >= 0.6 is 0 Å². The zero-order chi connectivity index (χ0) is 40.4. The molecule has 0 aromatic rings. The topological polar surface area (TPSA) is 169 Å². The number of allylic oxidation sites excluding steroid dienone is 7. The van der Waals surface area contributed by atoms with E-state index >= 15 is 0 Å². The largest absolute Gasteiger partial charge is 0.394 e. The van der Waals surface area contributed by atoms with Crippen molar-refractivity contribution in [2.45, 2.75) is 217 Å². The number of ether oxygens (including phenoxy) is 2. The zero-order valence-electron chi connectivity index (χ0n) is 34.5. The number of nitrogens with one attached hydrogen (secondary N) is 1. The molecule has 1 amide bonds. The third-order valence-corrected chi connectivity index (χ3v) is 10.2. The van der Waals surface area contributed by atoms with Crippen molar-refractivity contribution in [3.05, 3.63) is 48.6 Å². The highest BCUT2D eigenvalue weighted by Crippen LogP contribution is 2.22. The lowest BCUT2D eigenvalue weighted by Crippen LogP contribution is -2.60. The minimum Gasteiger partial charge on any atom is -0.394 e. The standard InChI is InChI=1S/C45H81NO9/c1-3-5-7-9-11-13-15-17-18-19-20-22-24-26-28-30-32-34-39(49)44(53)46-37(36-54-45-43(52)42(51)41(50)40(35-47)55-45)38(48)33-31-29-27-25-23-21-16-14-12-10-8-6-4-2/h12,14,20,22-23,25,31,33,37-43,45,47-52H,3-11,13,15-19,21,24,26-30,32,34-36H2,1-2H3,(H,46,53)/b14-12+,22-20-,25-23+,33-31+. The van der Waals surface area contributed by atoms with E-state index in [1.54, 1.807) is 6.08 Å². The first kappa shape index (κ1) is 51.1. The molecule has 320 valence electrons. The monoisotopic (exact) mass is 780 g/mol. The molecule has 0 spiro atoms. The highest BCUT2D eigenvalue weighted by Gasteiger charge is 2.44. The second-order valence-corrected chi connectivity index (χ2v) is 15.3. The van der Waals surface area contributed by atoms with E-state index in [0.29, 0.717) is 12.8 Å². The molecule has 0 aromatic heterocycles. The molecule has 10 nitrogen and oxygen atoms in total. The number of hydrogen-bond acceptors (Lipinski definition) is 9. The molecule has 0 bridgehead atoms. The van der Waals surface area contributed by atoms with E-state index in [1.807, 2.05) is 6.08 Å². The molecule has 0 aliphatic carbocycles. The van der Waals surface area contributed by atoms with Crippen LogP contribution in [0.15, 0.2) is 48.6 Å². The van der Waals surface area contributed by atoms with Gasteiger partial charge in [-0.05, 0) is 70.6 Å². The van der Waals surface area contributed by atoms with Crippen molar-refractivity contribution < 1.29 is 44.9 Å². The predicted molar refractivity (Wildman–Crippen MR) is 222 cm³/mol. The van der Waals surface area contributed by atoms with Gasteiger partial charge in [0.1, 0.15) is 30.5 Å². The van der Waals surface area contributed by atoms with Gasteiger partial charge >= 0.3 is 0 Å². The lowest BCUT2D eigenvalue weighted by molar-refractivity contribution is -0.302. The third kappa shape index (κ3) is 25.9. The predicted octanol–water partition coefficient (Wildman–Crippen LogP) is 7.64. The summed E-state index contributed by atoms with van der Waals surface area (Å²) in [5.74, 6) is -0.642. The van der Waals surface area contributed by atoms with Crippen LogP contribution in [-0.2, 0) is 14.3 Å². The first-order chi connectivity index (χ1) is 26.8. The number of hydrogen-bond donors (Lipinski definition) is 7. The van der Waals surface area contributed by atoms with Crippen LogP contribution in [0.4, 0.5) is 0 Å². The molecule has 1 aliphatic heterocycles. The molecule has 0 saturated carbocycles. The minimum atomic E-state index is -1.62. The van der Waals surface area contributed by atoms with Crippen LogP contribution in [-0.4, -0.2) is 98.7 Å². The quantitative estimate of drug-likeness (QED) is 0.0253. The molecule has 1 heterocycles. The minimum absolute atomic E-state index is 0.285. The van der Waals surface area contributed by atoms with Gasteiger partial charge < -0.3 is 45.4 Å². The molecular weight excluding hydrogens is 698 g/mol. The Kier molecular flexibility index (Phi) is 32.8. The van der Waals surface area contributed by atoms with Crippen LogP contribution in [0.25, 0.3) is 0 Å². The van der Waals surface area contributed by atoms with Crippen LogP contribution in [0.1, 0.15) is 168 Å². The Hall–Kier alpha value is -1.89. The molecule has 1 fully saturated rings. The molecule has 8 atom stereocenters. The number of carbonyl (C=O) groups is 1. The van der Waals surface area contributed by atoms with Crippen molar-refractivity contribution in [1.29, 1.82) is 0 Å². The summed E-state index contributed by atoms with van der Waals surface area (Å²) in [4.78, 5) is 13.0. The molecule has 55 heavy (non-hydrogen) atoms. The molecule has 0 radical (unpaired) electrons. The average Bonchev–Trinajstić information content (AvgIpc) is 3.18. The van der Waals surface area contributed by atoms with Gasteiger partial charge in [-0.2, -0.15) is 0 Å². The molecule has 0 aromatic carbocycles. The second kappa shape index (κ2) is 35.3. The number of amides is 1. The Labute approximate surface area is 334 Å². The fourth-order valence-electron chi connectivity index (χ4n) is 6.54. The molecule has 1 rings (SSSR count). The molecule has 8 unspecified atom stereocenters. The summed E-state index contributed by atoms with van der Waals surface area (Å²) in [7, 11) is 0. The highest BCUT2D eigenvalue weighted by atomic mass is 16.7. The summed E-state index contributed by atoms with van der Waals surface area (Å²) in [6.45, 7) is 3.52. The fraction of sp³-hybridized carbons (Fsp3) is 0.800. The number of unbranched alkanes of at least 4 members (excludes halogenated alkanes) is 18. The number of aliphatic hydroxyl groups is 6. The lowest BCUT2D eigenvalue weighted by Gasteiger charge is -2.40. The molecular formula is C45H81NO9. The molecule has 10 heteroatoms. The number of rotatable bonds is 35. The van der Waals surface area contributed by atoms with Crippen LogP contribution in [0.3, 0.4) is 0 Å². The zero-order valence-corrected chi connectivity index (χ0v) is 34.5. The van der Waals surface area contributed by atoms with Crippen molar-refractivity contribution in [1.82, 2.24) is 5.32 Å². The van der Waals surface area contributed by atoms with Gasteiger partial charge in [0, 0.05) is 0 Å². The van der Waals surface area contributed by atoms with Gasteiger partial charge in [0.15, 0.2) is 6.29 Å². The summed E-state index contributed by atoms with van der Waals surface area (Å²) < 4.78 is 11.1. The molecule has 7 N–H and O–H groups in total. The van der Waals surface area contributed by atoms with Crippen LogP contribution in [0.2, 0.25) is 0 Å². The second-order valence-electron chi connectivity index (χ2n) is 15.3. The van der Waals surface area contributed by atoms with Crippen LogP contribution in [0, 0.1) is 0 Å². The maximum Gasteiger partial charge on any atom is 0.249 e. The summed E-state index contributed by atoms with van der Waals surface area (Å²) in [6, 6.07) is -1.01. The van der Waals surface area contributed by atoms with E-state index in [1.165, 1.54) is 77.0 Å². The third-order valence-electron chi connectivity index (χ3n) is 10.2. The van der Waals surface area contributed by atoms with Gasteiger partial charge in [-0.3, -0.25) is 4.79 Å². The Morgan fingerprint density at radius 2 is 1.07 bits per heavy atom. The molecule has 1 saturated heterocycles. The highest BCUT2D eigenvalue weighted by molar-refractivity contribution is 5.80. The first-order valence-corrected chi connectivity index (χ1v) is 22.0. The van der Waals surface area contributed by atoms with Gasteiger partial charge in [0.2, 0.25) is 5.91 Å². The Bertz CT molecular complexity index is 1020. The maximum absolute atomic E-state index is 13.0. The van der Waals surface area contributed by atoms with E-state index in [-0.39, 0.29) is 13.0 Å². The Balaban J connectivity index is 2.48. The summed E-state index contributed by atoms with van der Waals surface area (Å²) in [5, 5.41) is 64.5. The van der Waals surface area contributed by atoms with Gasteiger partial charge in [-0.1, -0.05) is 146 Å². The lowest BCUT2D eigenvalue weighted by atomic mass is 9.99. The van der Waals surface area contributed by atoms with E-state index in [9.17, 15) is 35.4 Å². The summed E-state index contributed by atoms with van der Waals surface area (Å²) in [5.41, 5.74) is 0. The summed E-state index contributed by atoms with van der Waals surface area (Å²) in [6.07, 6.45) is 33.4. The van der Waals surface area contributed by atoms with Crippen molar-refractivity contribution in [3.63, 3.8) is 0 Å². The van der Waals surface area contributed by atoms with Gasteiger partial charge in [-0.25, -0.2) is 0 Å². The Morgan fingerprint density at radius 3 is 1.62 bits per heavy atom. The average molecular weight is 780 g/mol. The van der Waals surface area contributed by atoms with E-state index in [4.69, 9.17) is 9.47 Å². The van der Waals surface area contributed by atoms with Gasteiger partial charge in [0.25, 0.3) is 0 Å². The first-order valence-electron chi connectivity index (χ1n) is 22.0. The van der Waals surface area contributed by atoms with Crippen molar-refractivity contribution in [2.75, 3.05) is 13.2 Å². The fourth-order valence-corrected chi connectivity index (χ4v) is 6.54. The van der Waals surface area contributed by atoms with Gasteiger partial charge in [0.05, 0.1) is 25.4 Å². The normalized spacial score (nSPS) is 22.4. The van der Waals surface area contributed by atoms with E-state index in [0.717, 1.165) is 57.8 Å². The van der Waals surface area contributed by atoms with Crippen LogP contribution in [0.5, 0.6) is 0 Å². The van der Waals surface area contributed by atoms with Gasteiger partial charge in [-0.15, -0.1) is 0 Å². The van der Waals surface area contributed by atoms with Crippen molar-refractivity contribution >= 4 is 5.91 Å². The number of carbonyl (C=O) groups excluding carboxylic acids is 1. The van der Waals surface area contributed by atoms with Crippen LogP contribution < -0.4 is 5.32 Å². The van der Waals surface area contributed by atoms with Crippen molar-refractivity contribution in [3.8, 4) is 0 Å². The smallest absolute Gasteiger partial charge is 0.249 e. The maximum atomic E-state index is 13.0. The summed E-state index contributed by atoms with van der Waals surface area (Å²) >= 11 is 0.